The fourth-order valence-corrected chi connectivity index (χ4v) is 2.35. The zero-order valence-corrected chi connectivity index (χ0v) is 11.7. The summed E-state index contributed by atoms with van der Waals surface area (Å²) in [5.74, 6) is 0.111. The maximum Gasteiger partial charge on any atom is 0.181 e. The molecular formula is C17H19NO. The van der Waals surface area contributed by atoms with E-state index in [1.165, 1.54) is 16.7 Å². The lowest BCUT2D eigenvalue weighted by Gasteiger charge is -2.13. The first-order chi connectivity index (χ1) is 9.08. The molecule has 0 fully saturated rings. The maximum atomic E-state index is 12.0. The lowest BCUT2D eigenvalue weighted by molar-refractivity contribution is 0.101. The topological polar surface area (TPSA) is 29.1 Å². The molecule has 0 aliphatic rings. The van der Waals surface area contributed by atoms with Crippen LogP contribution in [0.2, 0.25) is 0 Å². The van der Waals surface area contributed by atoms with Gasteiger partial charge >= 0.3 is 0 Å². The van der Waals surface area contributed by atoms with E-state index in [9.17, 15) is 4.79 Å². The Morgan fingerprint density at radius 2 is 1.58 bits per heavy atom. The number of carbonyl (C=O) groups is 1. The van der Waals surface area contributed by atoms with Crippen molar-refractivity contribution in [1.82, 2.24) is 0 Å². The third-order valence-corrected chi connectivity index (χ3v) is 3.20. The predicted octanol–water partition coefficient (Wildman–Crippen LogP) is 3.91. The minimum Gasteiger partial charge on any atom is -0.377 e. The van der Waals surface area contributed by atoms with Crippen molar-refractivity contribution in [2.75, 3.05) is 11.9 Å². The van der Waals surface area contributed by atoms with Gasteiger partial charge in [-0.05, 0) is 31.9 Å². The standard InChI is InChI=1S/C17H19NO/c1-12-9-13(2)17(14(3)10-12)18-11-16(19)15-7-5-4-6-8-15/h4-10,18H,11H2,1-3H3. The first-order valence-corrected chi connectivity index (χ1v) is 6.48. The molecule has 0 aliphatic heterocycles. The summed E-state index contributed by atoms with van der Waals surface area (Å²) in [4.78, 5) is 12.0. The van der Waals surface area contributed by atoms with Crippen LogP contribution in [0.3, 0.4) is 0 Å². The number of nitrogens with one attached hydrogen (secondary N) is 1. The van der Waals surface area contributed by atoms with E-state index in [-0.39, 0.29) is 5.78 Å². The summed E-state index contributed by atoms with van der Waals surface area (Å²) in [5.41, 5.74) is 5.42. The number of benzene rings is 2. The Hall–Kier alpha value is -2.09. The van der Waals surface area contributed by atoms with Crippen LogP contribution in [0.5, 0.6) is 0 Å². The van der Waals surface area contributed by atoms with Crippen molar-refractivity contribution < 1.29 is 4.79 Å². The normalized spacial score (nSPS) is 10.3. The van der Waals surface area contributed by atoms with Crippen molar-refractivity contribution in [2.24, 2.45) is 0 Å². The lowest BCUT2D eigenvalue weighted by Crippen LogP contribution is -2.15. The van der Waals surface area contributed by atoms with E-state index < -0.39 is 0 Å². The first-order valence-electron chi connectivity index (χ1n) is 6.48. The molecule has 0 bridgehead atoms. The van der Waals surface area contributed by atoms with Crippen LogP contribution in [-0.2, 0) is 0 Å². The molecule has 1 N–H and O–H groups in total. The van der Waals surface area contributed by atoms with Gasteiger partial charge in [0.1, 0.15) is 0 Å². The Morgan fingerprint density at radius 1 is 1.00 bits per heavy atom. The number of anilines is 1. The van der Waals surface area contributed by atoms with Crippen molar-refractivity contribution in [1.29, 1.82) is 0 Å². The number of ketones is 1. The zero-order chi connectivity index (χ0) is 13.8. The second-order valence-electron chi connectivity index (χ2n) is 4.92. The molecule has 0 spiro atoms. The average Bonchev–Trinajstić information content (AvgIpc) is 2.38. The molecule has 0 amide bonds. The molecule has 2 nitrogen and oxygen atoms in total. The Kier molecular flexibility index (Phi) is 4.00. The van der Waals surface area contributed by atoms with E-state index in [1.807, 2.05) is 30.3 Å². The summed E-state index contributed by atoms with van der Waals surface area (Å²) < 4.78 is 0. The SMILES string of the molecule is Cc1cc(C)c(NCC(=O)c2ccccc2)c(C)c1. The van der Waals surface area contributed by atoms with Crippen molar-refractivity contribution in [3.05, 3.63) is 64.7 Å². The minimum absolute atomic E-state index is 0.111. The van der Waals surface area contributed by atoms with Crippen LogP contribution in [0, 0.1) is 20.8 Å². The Labute approximate surface area is 114 Å². The van der Waals surface area contributed by atoms with Gasteiger partial charge < -0.3 is 5.32 Å². The van der Waals surface area contributed by atoms with Gasteiger partial charge in [-0.2, -0.15) is 0 Å². The molecule has 0 aliphatic carbocycles. The molecule has 0 saturated carbocycles. The van der Waals surface area contributed by atoms with Crippen LogP contribution in [0.1, 0.15) is 27.0 Å². The molecule has 0 saturated heterocycles. The Balaban J connectivity index is 2.10. The molecular weight excluding hydrogens is 234 g/mol. The Bertz CT molecular complexity index is 564. The van der Waals surface area contributed by atoms with Crippen molar-refractivity contribution in [3.8, 4) is 0 Å². The van der Waals surface area contributed by atoms with Crippen molar-refractivity contribution >= 4 is 11.5 Å². The summed E-state index contributed by atoms with van der Waals surface area (Å²) in [6.07, 6.45) is 0. The highest BCUT2D eigenvalue weighted by molar-refractivity contribution is 5.99. The highest BCUT2D eigenvalue weighted by Crippen LogP contribution is 2.21. The van der Waals surface area contributed by atoms with Gasteiger partial charge in [-0.3, -0.25) is 4.79 Å². The predicted molar refractivity (Wildman–Crippen MR) is 79.9 cm³/mol. The van der Waals surface area contributed by atoms with Crippen LogP contribution in [-0.4, -0.2) is 12.3 Å². The largest absolute Gasteiger partial charge is 0.377 e. The second-order valence-corrected chi connectivity index (χ2v) is 4.92. The number of carbonyl (C=O) groups excluding carboxylic acids is 1. The average molecular weight is 253 g/mol. The van der Waals surface area contributed by atoms with Gasteiger partial charge in [-0.15, -0.1) is 0 Å². The second kappa shape index (κ2) is 5.70. The summed E-state index contributed by atoms with van der Waals surface area (Å²) >= 11 is 0. The number of aryl methyl sites for hydroxylation is 3. The third-order valence-electron chi connectivity index (χ3n) is 3.20. The van der Waals surface area contributed by atoms with Crippen LogP contribution in [0.15, 0.2) is 42.5 Å². The summed E-state index contributed by atoms with van der Waals surface area (Å²) in [7, 11) is 0. The minimum atomic E-state index is 0.111. The highest BCUT2D eigenvalue weighted by Gasteiger charge is 2.07. The Morgan fingerprint density at radius 3 is 2.16 bits per heavy atom. The van der Waals surface area contributed by atoms with Crippen LogP contribution in [0.25, 0.3) is 0 Å². The van der Waals surface area contributed by atoms with Gasteiger partial charge in [0.2, 0.25) is 0 Å². The van der Waals surface area contributed by atoms with E-state index in [1.54, 1.807) is 0 Å². The summed E-state index contributed by atoms with van der Waals surface area (Å²) in [6.45, 7) is 6.54. The van der Waals surface area contributed by atoms with Crippen LogP contribution < -0.4 is 5.32 Å². The zero-order valence-electron chi connectivity index (χ0n) is 11.7. The summed E-state index contributed by atoms with van der Waals surface area (Å²) in [5, 5.41) is 3.26. The number of hydrogen-bond donors (Lipinski definition) is 1. The molecule has 98 valence electrons. The van der Waals surface area contributed by atoms with Gasteiger partial charge in [-0.25, -0.2) is 0 Å². The van der Waals surface area contributed by atoms with Gasteiger partial charge in [-0.1, -0.05) is 48.0 Å². The van der Waals surface area contributed by atoms with Gasteiger partial charge in [0, 0.05) is 11.3 Å². The molecule has 2 aromatic carbocycles. The van der Waals surface area contributed by atoms with Crippen LogP contribution in [0.4, 0.5) is 5.69 Å². The smallest absolute Gasteiger partial charge is 0.181 e. The number of hydrogen-bond acceptors (Lipinski definition) is 2. The third kappa shape index (κ3) is 3.22. The molecule has 0 heterocycles. The van der Waals surface area contributed by atoms with Gasteiger partial charge in [0.25, 0.3) is 0 Å². The van der Waals surface area contributed by atoms with E-state index in [2.05, 4.69) is 38.2 Å². The summed E-state index contributed by atoms with van der Waals surface area (Å²) in [6, 6.07) is 13.6. The highest BCUT2D eigenvalue weighted by atomic mass is 16.1. The lowest BCUT2D eigenvalue weighted by atomic mass is 10.0. The molecule has 0 radical (unpaired) electrons. The number of rotatable bonds is 4. The molecule has 0 unspecified atom stereocenters. The molecule has 2 aromatic rings. The molecule has 0 atom stereocenters. The monoisotopic (exact) mass is 253 g/mol. The molecule has 19 heavy (non-hydrogen) atoms. The van der Waals surface area contributed by atoms with Crippen LogP contribution >= 0.6 is 0 Å². The maximum absolute atomic E-state index is 12.0. The fraction of sp³-hybridized carbons (Fsp3) is 0.235. The molecule has 2 rings (SSSR count). The molecule has 2 heteroatoms. The fourth-order valence-electron chi connectivity index (χ4n) is 2.35. The molecule has 0 aromatic heterocycles. The van der Waals surface area contributed by atoms with E-state index >= 15 is 0 Å². The van der Waals surface area contributed by atoms with E-state index in [4.69, 9.17) is 0 Å². The van der Waals surface area contributed by atoms with Crippen molar-refractivity contribution in [2.45, 2.75) is 20.8 Å². The van der Waals surface area contributed by atoms with Gasteiger partial charge in [0.05, 0.1) is 6.54 Å². The van der Waals surface area contributed by atoms with Crippen molar-refractivity contribution in [3.63, 3.8) is 0 Å². The van der Waals surface area contributed by atoms with E-state index in [0.717, 1.165) is 11.3 Å². The quantitative estimate of drug-likeness (QED) is 0.837. The number of Topliss-reactive ketones (excluding diaryl/α,β-unsaturated/α-hetero) is 1. The van der Waals surface area contributed by atoms with Gasteiger partial charge in [0.15, 0.2) is 5.78 Å². The first kappa shape index (κ1) is 13.3. The van der Waals surface area contributed by atoms with E-state index in [0.29, 0.717) is 6.54 Å².